The number of halogens is 1. The number of anilines is 1. The Bertz CT molecular complexity index is 584. The van der Waals surface area contributed by atoms with Crippen molar-refractivity contribution >= 4 is 21.7 Å². The van der Waals surface area contributed by atoms with Crippen molar-refractivity contribution in [2.45, 2.75) is 20.4 Å². The van der Waals surface area contributed by atoms with Crippen molar-refractivity contribution in [3.05, 3.63) is 51.6 Å². The van der Waals surface area contributed by atoms with Crippen LogP contribution in [0.3, 0.4) is 0 Å². The van der Waals surface area contributed by atoms with Gasteiger partial charge in [-0.25, -0.2) is 4.98 Å². The maximum absolute atomic E-state index is 5.25. The summed E-state index contributed by atoms with van der Waals surface area (Å²) in [7, 11) is 1.69. The average Bonchev–Trinajstić information content (AvgIpc) is 2.40. The highest BCUT2D eigenvalue weighted by Crippen LogP contribution is 2.20. The van der Waals surface area contributed by atoms with Crippen LogP contribution in [0, 0.1) is 13.8 Å². The molecular formula is C15H17BrN2O. The molecular weight excluding hydrogens is 304 g/mol. The fourth-order valence-electron chi connectivity index (χ4n) is 1.88. The van der Waals surface area contributed by atoms with E-state index in [1.54, 1.807) is 7.11 Å². The highest BCUT2D eigenvalue weighted by atomic mass is 79.9. The van der Waals surface area contributed by atoms with Crippen LogP contribution in [-0.2, 0) is 6.54 Å². The number of rotatable bonds is 4. The molecule has 0 saturated carbocycles. The number of methoxy groups -OCH3 is 1. The van der Waals surface area contributed by atoms with Crippen molar-refractivity contribution in [2.24, 2.45) is 0 Å². The Morgan fingerprint density at radius 1 is 1.21 bits per heavy atom. The molecule has 0 spiro atoms. The van der Waals surface area contributed by atoms with Gasteiger partial charge in [0.25, 0.3) is 0 Å². The Morgan fingerprint density at radius 3 is 2.63 bits per heavy atom. The van der Waals surface area contributed by atoms with Crippen LogP contribution in [0.15, 0.2) is 34.9 Å². The summed E-state index contributed by atoms with van der Waals surface area (Å²) < 4.78 is 6.28. The van der Waals surface area contributed by atoms with Gasteiger partial charge in [-0.3, -0.25) is 0 Å². The number of pyridine rings is 1. The van der Waals surface area contributed by atoms with Crippen LogP contribution < -0.4 is 10.1 Å². The SMILES string of the molecule is COc1ccc(CNc2cc(C)c(Br)cn2)cc1C. The lowest BCUT2D eigenvalue weighted by atomic mass is 10.1. The number of aryl methyl sites for hydroxylation is 2. The molecule has 0 atom stereocenters. The van der Waals surface area contributed by atoms with Crippen LogP contribution in [-0.4, -0.2) is 12.1 Å². The average molecular weight is 321 g/mol. The summed E-state index contributed by atoms with van der Waals surface area (Å²) in [6, 6.07) is 8.20. The van der Waals surface area contributed by atoms with Gasteiger partial charge in [0.05, 0.1) is 7.11 Å². The summed E-state index contributed by atoms with van der Waals surface area (Å²) in [5.74, 6) is 1.80. The predicted octanol–water partition coefficient (Wildman–Crippen LogP) is 4.08. The number of aromatic nitrogens is 1. The van der Waals surface area contributed by atoms with Crippen LogP contribution in [0.5, 0.6) is 5.75 Å². The Kier molecular flexibility index (Phi) is 4.43. The van der Waals surface area contributed by atoms with Crippen molar-refractivity contribution in [2.75, 3.05) is 12.4 Å². The Labute approximate surface area is 122 Å². The molecule has 0 unspecified atom stereocenters. The summed E-state index contributed by atoms with van der Waals surface area (Å²) >= 11 is 3.45. The zero-order valence-corrected chi connectivity index (χ0v) is 12.9. The molecule has 2 aromatic rings. The van der Waals surface area contributed by atoms with Gasteiger partial charge in [-0.1, -0.05) is 12.1 Å². The molecule has 1 aromatic carbocycles. The van der Waals surface area contributed by atoms with E-state index in [-0.39, 0.29) is 0 Å². The van der Waals surface area contributed by atoms with Crippen LogP contribution >= 0.6 is 15.9 Å². The van der Waals surface area contributed by atoms with E-state index >= 15 is 0 Å². The third kappa shape index (κ3) is 3.47. The van der Waals surface area contributed by atoms with Gasteiger partial charge in [0, 0.05) is 17.2 Å². The second-order valence-corrected chi connectivity index (χ2v) is 5.33. The third-order valence-corrected chi connectivity index (χ3v) is 3.81. The second-order valence-electron chi connectivity index (χ2n) is 4.48. The van der Waals surface area contributed by atoms with E-state index in [0.717, 1.165) is 28.1 Å². The van der Waals surface area contributed by atoms with Crippen LogP contribution in [0.2, 0.25) is 0 Å². The number of ether oxygens (including phenoxy) is 1. The molecule has 0 saturated heterocycles. The molecule has 2 rings (SSSR count). The largest absolute Gasteiger partial charge is 0.496 e. The Morgan fingerprint density at radius 2 is 2.00 bits per heavy atom. The minimum atomic E-state index is 0.749. The van der Waals surface area contributed by atoms with Crippen molar-refractivity contribution in [1.82, 2.24) is 4.98 Å². The van der Waals surface area contributed by atoms with Gasteiger partial charge in [-0.2, -0.15) is 0 Å². The summed E-state index contributed by atoms with van der Waals surface area (Å²) in [5.41, 5.74) is 3.52. The first-order valence-corrected chi connectivity index (χ1v) is 6.89. The van der Waals surface area contributed by atoms with Crippen molar-refractivity contribution in [1.29, 1.82) is 0 Å². The maximum atomic E-state index is 5.25. The molecule has 19 heavy (non-hydrogen) atoms. The highest BCUT2D eigenvalue weighted by molar-refractivity contribution is 9.10. The summed E-state index contributed by atoms with van der Waals surface area (Å²) in [5, 5.41) is 3.32. The number of nitrogens with zero attached hydrogens (tertiary/aromatic N) is 1. The molecule has 0 fully saturated rings. The normalized spacial score (nSPS) is 10.3. The molecule has 0 bridgehead atoms. The van der Waals surface area contributed by atoms with Crippen LogP contribution in [0.4, 0.5) is 5.82 Å². The molecule has 1 heterocycles. The van der Waals surface area contributed by atoms with Gasteiger partial charge in [-0.05, 0) is 58.6 Å². The van der Waals surface area contributed by atoms with E-state index in [9.17, 15) is 0 Å². The van der Waals surface area contributed by atoms with Gasteiger partial charge in [0.1, 0.15) is 11.6 Å². The zero-order valence-electron chi connectivity index (χ0n) is 11.3. The highest BCUT2D eigenvalue weighted by Gasteiger charge is 2.02. The van der Waals surface area contributed by atoms with E-state index in [1.165, 1.54) is 11.1 Å². The van der Waals surface area contributed by atoms with Gasteiger partial charge >= 0.3 is 0 Å². The number of hydrogen-bond acceptors (Lipinski definition) is 3. The molecule has 1 aromatic heterocycles. The number of nitrogens with one attached hydrogen (secondary N) is 1. The zero-order chi connectivity index (χ0) is 13.8. The fourth-order valence-corrected chi connectivity index (χ4v) is 2.10. The fraction of sp³-hybridized carbons (Fsp3) is 0.267. The summed E-state index contributed by atoms with van der Waals surface area (Å²) in [6.07, 6.45) is 1.82. The smallest absolute Gasteiger partial charge is 0.126 e. The minimum absolute atomic E-state index is 0.749. The lowest BCUT2D eigenvalue weighted by molar-refractivity contribution is 0.411. The van der Waals surface area contributed by atoms with E-state index < -0.39 is 0 Å². The molecule has 0 aliphatic carbocycles. The molecule has 4 heteroatoms. The van der Waals surface area contributed by atoms with Crippen molar-refractivity contribution in [3.63, 3.8) is 0 Å². The van der Waals surface area contributed by atoms with E-state index in [0.29, 0.717) is 0 Å². The molecule has 0 radical (unpaired) electrons. The van der Waals surface area contributed by atoms with E-state index in [1.807, 2.05) is 25.3 Å². The topological polar surface area (TPSA) is 34.1 Å². The second kappa shape index (κ2) is 6.06. The summed E-state index contributed by atoms with van der Waals surface area (Å²) in [4.78, 5) is 4.33. The van der Waals surface area contributed by atoms with E-state index in [4.69, 9.17) is 4.74 Å². The molecule has 3 nitrogen and oxygen atoms in total. The Balaban J connectivity index is 2.05. The lowest BCUT2D eigenvalue weighted by Gasteiger charge is -2.10. The van der Waals surface area contributed by atoms with Crippen molar-refractivity contribution < 1.29 is 4.74 Å². The Hall–Kier alpha value is -1.55. The molecule has 0 amide bonds. The monoisotopic (exact) mass is 320 g/mol. The van der Waals surface area contributed by atoms with Crippen LogP contribution in [0.1, 0.15) is 16.7 Å². The maximum Gasteiger partial charge on any atom is 0.126 e. The number of hydrogen-bond donors (Lipinski definition) is 1. The standard InChI is InChI=1S/C15H17BrN2O/c1-10-7-15(18-9-13(10)16)17-8-12-4-5-14(19-3)11(2)6-12/h4-7,9H,8H2,1-3H3,(H,17,18). The first-order chi connectivity index (χ1) is 9.10. The molecule has 1 N–H and O–H groups in total. The molecule has 0 aliphatic heterocycles. The van der Waals surface area contributed by atoms with Gasteiger partial charge in [-0.15, -0.1) is 0 Å². The third-order valence-electron chi connectivity index (χ3n) is 2.98. The van der Waals surface area contributed by atoms with Crippen LogP contribution in [0.25, 0.3) is 0 Å². The van der Waals surface area contributed by atoms with Gasteiger partial charge in [0.2, 0.25) is 0 Å². The minimum Gasteiger partial charge on any atom is -0.496 e. The lowest BCUT2D eigenvalue weighted by Crippen LogP contribution is -2.02. The summed E-state index contributed by atoms with van der Waals surface area (Å²) in [6.45, 7) is 4.84. The van der Waals surface area contributed by atoms with Gasteiger partial charge in [0.15, 0.2) is 0 Å². The quantitative estimate of drug-likeness (QED) is 0.921. The van der Waals surface area contributed by atoms with Gasteiger partial charge < -0.3 is 10.1 Å². The first kappa shape index (κ1) is 13.9. The van der Waals surface area contributed by atoms with Crippen molar-refractivity contribution in [3.8, 4) is 5.75 Å². The predicted molar refractivity (Wildman–Crippen MR) is 81.7 cm³/mol. The number of benzene rings is 1. The van der Waals surface area contributed by atoms with E-state index in [2.05, 4.69) is 45.3 Å². The first-order valence-electron chi connectivity index (χ1n) is 6.09. The molecule has 0 aliphatic rings. The molecule has 100 valence electrons.